The molecule has 0 amide bonds. The number of ether oxygens (including phenoxy) is 2. The van der Waals surface area contributed by atoms with Crippen molar-refractivity contribution in [2.24, 2.45) is 0 Å². The van der Waals surface area contributed by atoms with Crippen LogP contribution in [-0.4, -0.2) is 18.7 Å². The van der Waals surface area contributed by atoms with Crippen molar-refractivity contribution in [1.29, 1.82) is 0 Å². The first-order valence-electron chi connectivity index (χ1n) is 6.53. The molecule has 98 valence electrons. The number of esters is 1. The van der Waals surface area contributed by atoms with Crippen molar-refractivity contribution >= 4 is 5.97 Å². The van der Waals surface area contributed by atoms with E-state index >= 15 is 0 Å². The molecule has 1 aromatic rings. The third kappa shape index (κ3) is 2.66. The minimum absolute atomic E-state index is 0.191. The van der Waals surface area contributed by atoms with Gasteiger partial charge in [-0.2, -0.15) is 0 Å². The highest BCUT2D eigenvalue weighted by Gasteiger charge is 2.42. The standard InChI is InChI=1S/C15H20O3/c1-3-12-7-4-5-8-13(12)18-15(9-6-10-15)11-14(16)17-2/h4-5,7-8H,3,6,9-11H2,1-2H3. The molecule has 1 fully saturated rings. The van der Waals surface area contributed by atoms with Crippen LogP contribution < -0.4 is 4.74 Å². The van der Waals surface area contributed by atoms with Gasteiger partial charge in [0, 0.05) is 0 Å². The van der Waals surface area contributed by atoms with Gasteiger partial charge in [-0.3, -0.25) is 4.79 Å². The average molecular weight is 248 g/mol. The van der Waals surface area contributed by atoms with Gasteiger partial charge in [0.1, 0.15) is 11.4 Å². The summed E-state index contributed by atoms with van der Waals surface area (Å²) < 4.78 is 10.9. The molecule has 1 aliphatic rings. The summed E-state index contributed by atoms with van der Waals surface area (Å²) in [6.45, 7) is 2.11. The Morgan fingerprint density at radius 3 is 2.61 bits per heavy atom. The molecule has 1 aliphatic carbocycles. The molecule has 18 heavy (non-hydrogen) atoms. The van der Waals surface area contributed by atoms with Gasteiger partial charge in [0.05, 0.1) is 13.5 Å². The summed E-state index contributed by atoms with van der Waals surface area (Å²) in [6.07, 6.45) is 4.26. The smallest absolute Gasteiger partial charge is 0.309 e. The van der Waals surface area contributed by atoms with Crippen LogP contribution in [0.15, 0.2) is 24.3 Å². The Balaban J connectivity index is 2.12. The van der Waals surface area contributed by atoms with Gasteiger partial charge in [-0.1, -0.05) is 25.1 Å². The number of aryl methyl sites for hydroxylation is 1. The molecule has 1 aromatic carbocycles. The van der Waals surface area contributed by atoms with Crippen LogP contribution in [0.2, 0.25) is 0 Å². The summed E-state index contributed by atoms with van der Waals surface area (Å²) in [7, 11) is 1.43. The Kier molecular flexibility index (Phi) is 3.90. The fourth-order valence-corrected chi connectivity index (χ4v) is 2.35. The Labute approximate surface area is 108 Å². The van der Waals surface area contributed by atoms with Gasteiger partial charge in [-0.25, -0.2) is 0 Å². The zero-order chi connectivity index (χ0) is 13.0. The van der Waals surface area contributed by atoms with Crippen molar-refractivity contribution in [3.05, 3.63) is 29.8 Å². The second kappa shape index (κ2) is 5.42. The van der Waals surface area contributed by atoms with Crippen LogP contribution in [0.3, 0.4) is 0 Å². The van der Waals surface area contributed by atoms with Crippen molar-refractivity contribution < 1.29 is 14.3 Å². The molecule has 3 nitrogen and oxygen atoms in total. The molecule has 0 spiro atoms. The van der Waals surface area contributed by atoms with Crippen molar-refractivity contribution in [2.75, 3.05) is 7.11 Å². The van der Waals surface area contributed by atoms with Gasteiger partial charge in [0.2, 0.25) is 0 Å². The van der Waals surface area contributed by atoms with E-state index in [-0.39, 0.29) is 11.6 Å². The fraction of sp³-hybridized carbons (Fsp3) is 0.533. The number of carbonyl (C=O) groups excluding carboxylic acids is 1. The third-order valence-corrected chi connectivity index (χ3v) is 3.64. The molecule has 0 atom stereocenters. The molecule has 0 heterocycles. The minimum Gasteiger partial charge on any atom is -0.486 e. The van der Waals surface area contributed by atoms with Crippen LogP contribution in [0.25, 0.3) is 0 Å². The summed E-state index contributed by atoms with van der Waals surface area (Å²) >= 11 is 0. The van der Waals surface area contributed by atoms with Crippen LogP contribution >= 0.6 is 0 Å². The van der Waals surface area contributed by atoms with Crippen LogP contribution in [0.1, 0.15) is 38.2 Å². The van der Waals surface area contributed by atoms with Crippen LogP contribution in [0, 0.1) is 0 Å². The number of benzene rings is 1. The number of para-hydroxylation sites is 1. The normalized spacial score (nSPS) is 16.8. The van der Waals surface area contributed by atoms with Gasteiger partial charge in [0.25, 0.3) is 0 Å². The molecular formula is C15H20O3. The summed E-state index contributed by atoms with van der Waals surface area (Å²) in [4.78, 5) is 11.5. The Morgan fingerprint density at radius 1 is 1.33 bits per heavy atom. The molecule has 3 heteroatoms. The van der Waals surface area contributed by atoms with E-state index in [9.17, 15) is 4.79 Å². The second-order valence-corrected chi connectivity index (χ2v) is 4.85. The summed E-state index contributed by atoms with van der Waals surface area (Å²) in [5, 5.41) is 0. The van der Waals surface area contributed by atoms with E-state index in [1.807, 2.05) is 18.2 Å². The van der Waals surface area contributed by atoms with Gasteiger partial charge in [-0.05, 0) is 37.3 Å². The molecular weight excluding hydrogens is 228 g/mol. The van der Waals surface area contributed by atoms with Crippen molar-refractivity contribution in [1.82, 2.24) is 0 Å². The van der Waals surface area contributed by atoms with Crippen molar-refractivity contribution in [3.63, 3.8) is 0 Å². The van der Waals surface area contributed by atoms with Gasteiger partial charge >= 0.3 is 5.97 Å². The number of methoxy groups -OCH3 is 1. The highest BCUT2D eigenvalue weighted by molar-refractivity contribution is 5.70. The van der Waals surface area contributed by atoms with E-state index < -0.39 is 0 Å². The van der Waals surface area contributed by atoms with Gasteiger partial charge in [0.15, 0.2) is 0 Å². The van der Waals surface area contributed by atoms with E-state index in [0.29, 0.717) is 6.42 Å². The predicted molar refractivity (Wildman–Crippen MR) is 69.7 cm³/mol. The molecule has 1 saturated carbocycles. The quantitative estimate of drug-likeness (QED) is 0.751. The van der Waals surface area contributed by atoms with Crippen LogP contribution in [0.5, 0.6) is 5.75 Å². The number of carbonyl (C=O) groups is 1. The van der Waals surface area contributed by atoms with E-state index in [2.05, 4.69) is 13.0 Å². The van der Waals surface area contributed by atoms with Gasteiger partial charge in [-0.15, -0.1) is 0 Å². The molecule has 0 radical (unpaired) electrons. The topological polar surface area (TPSA) is 35.5 Å². The molecule has 0 aromatic heterocycles. The molecule has 0 aliphatic heterocycles. The third-order valence-electron chi connectivity index (χ3n) is 3.64. The van der Waals surface area contributed by atoms with E-state index in [4.69, 9.17) is 9.47 Å². The Morgan fingerprint density at radius 2 is 2.06 bits per heavy atom. The summed E-state index contributed by atoms with van der Waals surface area (Å²) in [5.74, 6) is 0.715. The van der Waals surface area contributed by atoms with E-state index in [0.717, 1.165) is 31.4 Å². The number of hydrogen-bond donors (Lipinski definition) is 0. The zero-order valence-corrected chi connectivity index (χ0v) is 11.1. The molecule has 0 saturated heterocycles. The lowest BCUT2D eigenvalue weighted by molar-refractivity contribution is -0.148. The van der Waals surface area contributed by atoms with Crippen molar-refractivity contribution in [2.45, 2.75) is 44.6 Å². The van der Waals surface area contributed by atoms with Crippen LogP contribution in [0.4, 0.5) is 0 Å². The zero-order valence-electron chi connectivity index (χ0n) is 11.1. The predicted octanol–water partition coefficient (Wildman–Crippen LogP) is 3.11. The maximum Gasteiger partial charge on any atom is 0.309 e. The van der Waals surface area contributed by atoms with Gasteiger partial charge < -0.3 is 9.47 Å². The lowest BCUT2D eigenvalue weighted by Crippen LogP contribution is -2.45. The lowest BCUT2D eigenvalue weighted by Gasteiger charge is -2.41. The first-order valence-corrected chi connectivity index (χ1v) is 6.53. The lowest BCUT2D eigenvalue weighted by atomic mass is 9.77. The SMILES string of the molecule is CCc1ccccc1OC1(CC(=O)OC)CCC1. The van der Waals surface area contributed by atoms with Crippen LogP contribution in [-0.2, 0) is 16.0 Å². The monoisotopic (exact) mass is 248 g/mol. The second-order valence-electron chi connectivity index (χ2n) is 4.85. The summed E-state index contributed by atoms with van der Waals surface area (Å²) in [5.41, 5.74) is 0.854. The first kappa shape index (κ1) is 12.9. The van der Waals surface area contributed by atoms with E-state index in [1.165, 1.54) is 12.7 Å². The highest BCUT2D eigenvalue weighted by Crippen LogP contribution is 2.40. The summed E-state index contributed by atoms with van der Waals surface area (Å²) in [6, 6.07) is 8.04. The number of hydrogen-bond acceptors (Lipinski definition) is 3. The maximum absolute atomic E-state index is 11.5. The average Bonchev–Trinajstić information content (AvgIpc) is 2.36. The van der Waals surface area contributed by atoms with E-state index in [1.54, 1.807) is 0 Å². The van der Waals surface area contributed by atoms with Crippen molar-refractivity contribution in [3.8, 4) is 5.75 Å². The first-order chi connectivity index (χ1) is 8.69. The minimum atomic E-state index is -0.335. The molecule has 2 rings (SSSR count). The largest absolute Gasteiger partial charge is 0.486 e. The molecule has 0 unspecified atom stereocenters. The molecule has 0 N–H and O–H groups in total. The number of rotatable bonds is 5. The Hall–Kier alpha value is -1.51. The maximum atomic E-state index is 11.5. The molecule has 0 bridgehead atoms. The highest BCUT2D eigenvalue weighted by atomic mass is 16.5. The fourth-order valence-electron chi connectivity index (χ4n) is 2.35. The Bertz CT molecular complexity index is 422.